The second kappa shape index (κ2) is 12.7. The van der Waals surface area contributed by atoms with Crippen molar-refractivity contribution in [1.82, 2.24) is 9.88 Å². The summed E-state index contributed by atoms with van der Waals surface area (Å²) >= 11 is 0. The third-order valence-electron chi connectivity index (χ3n) is 7.06. The largest absolute Gasteiger partial charge is 1.00 e. The predicted octanol–water partition coefficient (Wildman–Crippen LogP) is 3.15. The third-order valence-corrected chi connectivity index (χ3v) is 7.06. The van der Waals surface area contributed by atoms with E-state index in [9.17, 15) is 9.90 Å². The maximum Gasteiger partial charge on any atom is 1.00 e. The van der Waals surface area contributed by atoms with Crippen molar-refractivity contribution in [1.29, 1.82) is 0 Å². The van der Waals surface area contributed by atoms with Crippen molar-refractivity contribution >= 4 is 12.0 Å². The van der Waals surface area contributed by atoms with Gasteiger partial charge in [0.25, 0.3) is 0 Å². The van der Waals surface area contributed by atoms with E-state index in [1.165, 1.54) is 0 Å². The smallest absolute Gasteiger partial charge is 0.860 e. The molecule has 1 N–H and O–H groups in total. The predicted molar refractivity (Wildman–Crippen MR) is 137 cm³/mol. The molecule has 1 aromatic heterocycles. The molecule has 0 spiro atoms. The van der Waals surface area contributed by atoms with Crippen LogP contribution in [-0.4, -0.2) is 17.6 Å². The van der Waals surface area contributed by atoms with Crippen LogP contribution >= 0.6 is 0 Å². The first kappa shape index (κ1) is 28.4. The summed E-state index contributed by atoms with van der Waals surface area (Å²) in [6.07, 6.45) is 5.64. The van der Waals surface area contributed by atoms with Gasteiger partial charge in [-0.3, -0.25) is 4.79 Å². The second-order valence-corrected chi connectivity index (χ2v) is 8.62. The molecule has 0 aliphatic rings. The maximum absolute atomic E-state index is 13.5. The summed E-state index contributed by atoms with van der Waals surface area (Å²) in [6.45, 7) is 8.14. The molecule has 1 atom stereocenters. The standard InChI is InChI=1S/C29H36N2O3.Li/c1-6-29(7-2,8-3)28(33)30-19-18-24-20-26(23-12-10-9-11-13-23)31(27(24)32)21(4)22-14-16-25(34-5)17-15-22;/h9-21,32H,6-8H2,1-5H3,(H,30,33);/q;+1/p-1/b19-18+;/t21-;/m0./s1. The summed E-state index contributed by atoms with van der Waals surface area (Å²) in [5.41, 5.74) is 2.97. The minimum atomic E-state index is -0.380. The molecule has 35 heavy (non-hydrogen) atoms. The van der Waals surface area contributed by atoms with Crippen LogP contribution in [0.4, 0.5) is 0 Å². The van der Waals surface area contributed by atoms with Crippen molar-refractivity contribution in [3.63, 3.8) is 0 Å². The van der Waals surface area contributed by atoms with Crippen LogP contribution in [0.3, 0.4) is 0 Å². The Hall–Kier alpha value is -2.87. The number of carbonyl (C=O) groups is 1. The number of nitrogens with one attached hydrogen (secondary N) is 1. The van der Waals surface area contributed by atoms with Gasteiger partial charge in [0.1, 0.15) is 5.75 Å². The first-order chi connectivity index (χ1) is 16.4. The number of methoxy groups -OCH3 is 1. The molecule has 0 saturated carbocycles. The molecule has 0 fully saturated rings. The molecule has 180 valence electrons. The number of benzene rings is 2. The number of hydrogen-bond acceptors (Lipinski definition) is 3. The number of rotatable bonds is 10. The van der Waals surface area contributed by atoms with E-state index in [2.05, 4.69) is 5.32 Å². The minimum Gasteiger partial charge on any atom is -0.860 e. The Bertz CT molecular complexity index is 1110. The molecule has 3 aromatic rings. The Kier molecular flexibility index (Phi) is 10.3. The van der Waals surface area contributed by atoms with E-state index in [-0.39, 0.29) is 42.1 Å². The van der Waals surface area contributed by atoms with Crippen LogP contribution in [0.5, 0.6) is 11.6 Å². The van der Waals surface area contributed by atoms with E-state index in [0.29, 0.717) is 5.56 Å². The summed E-state index contributed by atoms with van der Waals surface area (Å²) in [4.78, 5) is 12.8. The van der Waals surface area contributed by atoms with Gasteiger partial charge in [-0.2, -0.15) is 0 Å². The van der Waals surface area contributed by atoms with Crippen LogP contribution in [0.15, 0.2) is 66.9 Å². The zero-order valence-electron chi connectivity index (χ0n) is 21.8. The summed E-state index contributed by atoms with van der Waals surface area (Å²) < 4.78 is 7.09. The van der Waals surface area contributed by atoms with Gasteiger partial charge in [-0.05, 0) is 73.0 Å². The van der Waals surface area contributed by atoms with Gasteiger partial charge in [0, 0.05) is 17.3 Å². The van der Waals surface area contributed by atoms with Gasteiger partial charge in [-0.25, -0.2) is 0 Å². The average Bonchev–Trinajstić information content (AvgIpc) is 3.21. The molecule has 6 heteroatoms. The van der Waals surface area contributed by atoms with Crippen LogP contribution in [0, 0.1) is 5.41 Å². The van der Waals surface area contributed by atoms with E-state index < -0.39 is 0 Å². The Morgan fingerprint density at radius 2 is 1.66 bits per heavy atom. The molecule has 0 aliphatic carbocycles. The summed E-state index contributed by atoms with van der Waals surface area (Å²) in [6, 6.07) is 19.4. The van der Waals surface area contributed by atoms with Gasteiger partial charge in [-0.15, -0.1) is 0 Å². The zero-order valence-corrected chi connectivity index (χ0v) is 21.8. The topological polar surface area (TPSA) is 66.3 Å². The minimum absolute atomic E-state index is 0. The number of ether oxygens (including phenoxy) is 1. The number of aromatic nitrogens is 1. The first-order valence-electron chi connectivity index (χ1n) is 12.0. The van der Waals surface area contributed by atoms with E-state index >= 15 is 0 Å². The van der Waals surface area contributed by atoms with Gasteiger partial charge < -0.3 is 19.7 Å². The molecular formula is C29H35LiN2O3. The molecule has 0 bridgehead atoms. The molecule has 5 nitrogen and oxygen atoms in total. The van der Waals surface area contributed by atoms with E-state index in [0.717, 1.165) is 41.8 Å². The number of carbonyl (C=O) groups excluding carboxylic acids is 1. The Balaban J connectivity index is 0.00000432. The van der Waals surface area contributed by atoms with Crippen LogP contribution in [0.2, 0.25) is 0 Å². The molecule has 0 unspecified atom stereocenters. The third kappa shape index (κ3) is 6.04. The first-order valence-corrected chi connectivity index (χ1v) is 12.0. The van der Waals surface area contributed by atoms with Crippen LogP contribution < -0.4 is 34.0 Å². The zero-order chi connectivity index (χ0) is 24.7. The monoisotopic (exact) mass is 466 g/mol. The molecule has 0 aliphatic heterocycles. The molecule has 2 aromatic carbocycles. The maximum atomic E-state index is 13.5. The van der Waals surface area contributed by atoms with Gasteiger partial charge in [0.15, 0.2) is 0 Å². The molecule has 1 amide bonds. The van der Waals surface area contributed by atoms with E-state index in [1.54, 1.807) is 19.4 Å². The van der Waals surface area contributed by atoms with Crippen LogP contribution in [-0.2, 0) is 4.79 Å². The van der Waals surface area contributed by atoms with Crippen molar-refractivity contribution in [3.05, 3.63) is 78.0 Å². The molecule has 3 rings (SSSR count). The van der Waals surface area contributed by atoms with Crippen molar-refractivity contribution in [2.75, 3.05) is 7.11 Å². The summed E-state index contributed by atoms with van der Waals surface area (Å²) in [7, 11) is 1.64. The molecule has 0 radical (unpaired) electrons. The molecular weight excluding hydrogens is 431 g/mol. The number of amides is 1. The molecule has 1 heterocycles. The Morgan fingerprint density at radius 1 is 1.06 bits per heavy atom. The SMILES string of the molecule is CCC(CC)(CC)C(=O)N/C=C/c1cc(-c2ccccc2)n([C@@H](C)c2ccc(OC)cc2)c1[O-].[Li+]. The number of nitrogens with zero attached hydrogens (tertiary/aromatic N) is 1. The van der Waals surface area contributed by atoms with E-state index in [1.807, 2.05) is 92.9 Å². The number of hydrogen-bond donors (Lipinski definition) is 1. The van der Waals surface area contributed by atoms with Gasteiger partial charge in [0.2, 0.25) is 5.91 Å². The van der Waals surface area contributed by atoms with Gasteiger partial charge in [-0.1, -0.05) is 63.2 Å². The van der Waals surface area contributed by atoms with Crippen molar-refractivity contribution in [3.8, 4) is 22.9 Å². The second-order valence-electron chi connectivity index (χ2n) is 8.62. The van der Waals surface area contributed by atoms with Crippen LogP contribution in [0.25, 0.3) is 17.3 Å². The fraction of sp³-hybridized carbons (Fsp3) is 0.345. The molecule has 0 saturated heterocycles. The Morgan fingerprint density at radius 3 is 2.20 bits per heavy atom. The quantitative estimate of drug-likeness (QED) is 0.467. The van der Waals surface area contributed by atoms with Gasteiger partial charge in [0.05, 0.1) is 13.2 Å². The Labute approximate surface area is 221 Å². The van der Waals surface area contributed by atoms with Crippen molar-refractivity contribution in [2.45, 2.75) is 53.0 Å². The van der Waals surface area contributed by atoms with Crippen molar-refractivity contribution in [2.24, 2.45) is 5.41 Å². The fourth-order valence-corrected chi connectivity index (χ4v) is 4.49. The van der Waals surface area contributed by atoms with Gasteiger partial charge >= 0.3 is 18.9 Å². The fourth-order valence-electron chi connectivity index (χ4n) is 4.49. The average molecular weight is 467 g/mol. The summed E-state index contributed by atoms with van der Waals surface area (Å²) in [5.74, 6) is 0.675. The normalized spacial score (nSPS) is 12.3. The summed E-state index contributed by atoms with van der Waals surface area (Å²) in [5, 5.41) is 16.4. The van der Waals surface area contributed by atoms with E-state index in [4.69, 9.17) is 4.74 Å². The van der Waals surface area contributed by atoms with Crippen molar-refractivity contribution < 1.29 is 33.5 Å². The van der Waals surface area contributed by atoms with Crippen LogP contribution in [0.1, 0.15) is 64.1 Å².